The summed E-state index contributed by atoms with van der Waals surface area (Å²) in [5.74, 6) is 0. The van der Waals surface area contributed by atoms with Crippen molar-refractivity contribution in [2.75, 3.05) is 6.61 Å². The Kier molecular flexibility index (Phi) is 10.0. The number of carbonyl (C=O) groups is 1. The van der Waals surface area contributed by atoms with Crippen LogP contribution in [0.25, 0.3) is 0 Å². The third kappa shape index (κ3) is 5.24. The zero-order valence-electron chi connectivity index (χ0n) is 6.95. The molecule has 0 aromatic rings. The van der Waals surface area contributed by atoms with Crippen molar-refractivity contribution in [3.05, 3.63) is 0 Å². The molecule has 0 fully saturated rings. The largest absolute Gasteiger partial charge is 0.394 e. The van der Waals surface area contributed by atoms with E-state index in [2.05, 4.69) is 0 Å². The molecule has 0 aromatic carbocycles. The van der Waals surface area contributed by atoms with E-state index in [0.717, 1.165) is 0 Å². The zero-order chi connectivity index (χ0) is 9.72. The minimum atomic E-state index is -1.79. The molecule has 0 aliphatic carbocycles. The molecule has 0 aromatic heterocycles. The fourth-order valence-electron chi connectivity index (χ4n) is 0.618. The summed E-state index contributed by atoms with van der Waals surface area (Å²) in [5.41, 5.74) is 0. The molecule has 0 bridgehead atoms. The predicted octanol–water partition coefficient (Wildman–Crippen LogP) is -3.76. The van der Waals surface area contributed by atoms with Gasteiger partial charge in [0.25, 0.3) is 0 Å². The Labute approximate surface area is 105 Å². The molecule has 0 amide bonds. The second-order valence-electron chi connectivity index (χ2n) is 2.36. The molecule has 0 saturated carbocycles. The summed E-state index contributed by atoms with van der Waals surface area (Å²) in [6, 6.07) is 0. The SMILES string of the molecule is O=C[C@@H](O)[C@H](O)[C@@H](O)[C@H](O)CO.[Ca]. The van der Waals surface area contributed by atoms with Crippen LogP contribution in [-0.4, -0.2) is 101 Å². The van der Waals surface area contributed by atoms with Gasteiger partial charge in [-0.05, 0) is 0 Å². The van der Waals surface area contributed by atoms with Crippen LogP contribution < -0.4 is 0 Å². The summed E-state index contributed by atoms with van der Waals surface area (Å²) in [6.45, 7) is -0.760. The first-order chi connectivity index (χ1) is 5.54. The Morgan fingerprint density at radius 1 is 1.08 bits per heavy atom. The molecular weight excluding hydrogens is 208 g/mol. The fourth-order valence-corrected chi connectivity index (χ4v) is 0.618. The van der Waals surface area contributed by atoms with Gasteiger partial charge in [0.1, 0.15) is 24.4 Å². The van der Waals surface area contributed by atoms with Gasteiger partial charge in [0, 0.05) is 37.7 Å². The number of hydrogen-bond donors (Lipinski definition) is 5. The van der Waals surface area contributed by atoms with Gasteiger partial charge in [0.05, 0.1) is 6.61 Å². The van der Waals surface area contributed by atoms with E-state index >= 15 is 0 Å². The van der Waals surface area contributed by atoms with E-state index in [1.54, 1.807) is 0 Å². The van der Waals surface area contributed by atoms with Crippen molar-refractivity contribution < 1.29 is 30.3 Å². The summed E-state index contributed by atoms with van der Waals surface area (Å²) >= 11 is 0. The molecule has 0 spiro atoms. The maximum atomic E-state index is 9.90. The first-order valence-electron chi connectivity index (χ1n) is 3.33. The topological polar surface area (TPSA) is 118 Å². The molecule has 0 saturated heterocycles. The summed E-state index contributed by atoms with van der Waals surface area (Å²) < 4.78 is 0. The van der Waals surface area contributed by atoms with E-state index in [0.29, 0.717) is 0 Å². The Morgan fingerprint density at radius 2 is 1.54 bits per heavy atom. The van der Waals surface area contributed by atoms with E-state index in [4.69, 9.17) is 25.5 Å². The molecule has 0 rings (SSSR count). The molecule has 13 heavy (non-hydrogen) atoms. The number of hydrogen-bond acceptors (Lipinski definition) is 6. The van der Waals surface area contributed by atoms with Gasteiger partial charge in [-0.25, -0.2) is 0 Å². The molecule has 6 nitrogen and oxygen atoms in total. The van der Waals surface area contributed by atoms with Crippen LogP contribution in [0.4, 0.5) is 0 Å². The number of rotatable bonds is 5. The van der Waals surface area contributed by atoms with Crippen molar-refractivity contribution in [2.24, 2.45) is 0 Å². The van der Waals surface area contributed by atoms with Crippen LogP contribution in [0.15, 0.2) is 0 Å². The van der Waals surface area contributed by atoms with Gasteiger partial charge in [-0.2, -0.15) is 0 Å². The summed E-state index contributed by atoms with van der Waals surface area (Å²) in [4.78, 5) is 9.90. The first-order valence-corrected chi connectivity index (χ1v) is 3.33. The van der Waals surface area contributed by atoms with Gasteiger partial charge in [0.2, 0.25) is 0 Å². The molecule has 0 unspecified atom stereocenters. The first kappa shape index (κ1) is 16.2. The third-order valence-electron chi connectivity index (χ3n) is 1.42. The molecule has 4 atom stereocenters. The van der Waals surface area contributed by atoms with Crippen molar-refractivity contribution in [1.29, 1.82) is 0 Å². The number of aliphatic hydroxyl groups is 5. The zero-order valence-corrected chi connectivity index (χ0v) is 9.15. The number of aldehydes is 1. The molecule has 2 radical (unpaired) electrons. The molecule has 0 heterocycles. The smallest absolute Gasteiger partial charge is 0.151 e. The van der Waals surface area contributed by atoms with E-state index in [9.17, 15) is 4.79 Å². The Hall–Kier alpha value is 0.730. The van der Waals surface area contributed by atoms with Gasteiger partial charge in [0.15, 0.2) is 6.29 Å². The van der Waals surface area contributed by atoms with Gasteiger partial charge < -0.3 is 30.3 Å². The van der Waals surface area contributed by atoms with Crippen LogP contribution in [0.3, 0.4) is 0 Å². The normalized spacial score (nSPS) is 19.5. The number of aliphatic hydroxyl groups excluding tert-OH is 5. The maximum Gasteiger partial charge on any atom is 0.151 e. The van der Waals surface area contributed by atoms with E-state index in [-0.39, 0.29) is 44.0 Å². The van der Waals surface area contributed by atoms with Crippen molar-refractivity contribution in [3.63, 3.8) is 0 Å². The van der Waals surface area contributed by atoms with E-state index in [1.165, 1.54) is 0 Å². The quantitative estimate of drug-likeness (QED) is 0.240. The van der Waals surface area contributed by atoms with Crippen molar-refractivity contribution in [2.45, 2.75) is 24.4 Å². The average molecular weight is 220 g/mol. The monoisotopic (exact) mass is 220 g/mol. The molecule has 5 N–H and O–H groups in total. The molecule has 0 aliphatic heterocycles. The Bertz CT molecular complexity index is 143. The van der Waals surface area contributed by atoms with Crippen LogP contribution >= 0.6 is 0 Å². The van der Waals surface area contributed by atoms with Crippen LogP contribution in [-0.2, 0) is 4.79 Å². The summed E-state index contributed by atoms with van der Waals surface area (Å²) in [7, 11) is 0. The maximum absolute atomic E-state index is 9.90. The minimum Gasteiger partial charge on any atom is -0.394 e. The van der Waals surface area contributed by atoms with Crippen LogP contribution in [0.1, 0.15) is 0 Å². The second kappa shape index (κ2) is 8.07. The van der Waals surface area contributed by atoms with E-state index < -0.39 is 31.0 Å². The molecular formula is C6H12CaO6. The van der Waals surface area contributed by atoms with E-state index in [1.807, 2.05) is 0 Å². The molecule has 74 valence electrons. The average Bonchev–Trinajstić information content (AvgIpc) is 2.12. The predicted molar refractivity (Wildman–Crippen MR) is 42.9 cm³/mol. The summed E-state index contributed by atoms with van der Waals surface area (Å²) in [6.07, 6.45) is -6.84. The molecule has 0 aliphatic rings. The standard InChI is InChI=1S/C6H12O6.Ca/c7-1-3(9)5(11)6(12)4(10)2-8;/h1,3-6,8-12H,2H2;/t3-,4-,5+,6+;/m1./s1. The second-order valence-corrected chi connectivity index (χ2v) is 2.36. The van der Waals surface area contributed by atoms with Crippen molar-refractivity contribution in [3.8, 4) is 0 Å². The van der Waals surface area contributed by atoms with Gasteiger partial charge in [-0.3, -0.25) is 0 Å². The van der Waals surface area contributed by atoms with Crippen LogP contribution in [0.2, 0.25) is 0 Å². The van der Waals surface area contributed by atoms with Crippen molar-refractivity contribution >= 4 is 44.0 Å². The molecule has 7 heteroatoms. The Morgan fingerprint density at radius 3 is 1.85 bits per heavy atom. The minimum absolute atomic E-state index is 0. The Balaban J connectivity index is 0. The van der Waals surface area contributed by atoms with Crippen molar-refractivity contribution in [1.82, 2.24) is 0 Å². The van der Waals surface area contributed by atoms with Gasteiger partial charge in [-0.15, -0.1) is 0 Å². The van der Waals surface area contributed by atoms with Gasteiger partial charge >= 0.3 is 0 Å². The van der Waals surface area contributed by atoms with Gasteiger partial charge in [-0.1, -0.05) is 0 Å². The third-order valence-corrected chi connectivity index (χ3v) is 1.42. The number of carbonyl (C=O) groups excluding carboxylic acids is 1. The van der Waals surface area contributed by atoms with Crippen LogP contribution in [0, 0.1) is 0 Å². The fraction of sp³-hybridized carbons (Fsp3) is 0.833. The van der Waals surface area contributed by atoms with Crippen LogP contribution in [0.5, 0.6) is 0 Å². The summed E-state index contributed by atoms with van der Waals surface area (Å²) in [5, 5.41) is 43.5.